The summed E-state index contributed by atoms with van der Waals surface area (Å²) in [6, 6.07) is -0.702. The summed E-state index contributed by atoms with van der Waals surface area (Å²) >= 11 is 3.19. The summed E-state index contributed by atoms with van der Waals surface area (Å²) in [4.78, 5) is 24.2. The van der Waals surface area contributed by atoms with E-state index in [9.17, 15) is 4.79 Å². The molecule has 0 aliphatic heterocycles. The molecule has 126 valence electrons. The van der Waals surface area contributed by atoms with Gasteiger partial charge in [0, 0.05) is 37.3 Å². The van der Waals surface area contributed by atoms with Gasteiger partial charge in [-0.15, -0.1) is 22.7 Å². The molecule has 2 aromatic heterocycles. The van der Waals surface area contributed by atoms with Crippen LogP contribution in [0.3, 0.4) is 0 Å². The third-order valence-electron chi connectivity index (χ3n) is 3.39. The SMILES string of the molecule is CCc1nc(C(N)C(=O)NCCc2sc(N(C)C)nc2C)cs1. The van der Waals surface area contributed by atoms with Gasteiger partial charge in [-0.3, -0.25) is 4.79 Å². The van der Waals surface area contributed by atoms with E-state index in [0.717, 1.165) is 28.7 Å². The largest absolute Gasteiger partial charge is 0.354 e. The number of carbonyl (C=O) groups excluding carboxylic acids is 1. The van der Waals surface area contributed by atoms with Gasteiger partial charge in [0.2, 0.25) is 5.91 Å². The molecule has 1 atom stereocenters. The van der Waals surface area contributed by atoms with Crippen molar-refractivity contribution in [2.45, 2.75) is 32.7 Å². The lowest BCUT2D eigenvalue weighted by molar-refractivity contribution is -0.122. The first-order valence-electron chi connectivity index (χ1n) is 7.53. The first-order chi connectivity index (χ1) is 10.9. The van der Waals surface area contributed by atoms with Gasteiger partial charge in [-0.25, -0.2) is 9.97 Å². The number of aryl methyl sites for hydroxylation is 2. The van der Waals surface area contributed by atoms with Crippen molar-refractivity contribution in [3.63, 3.8) is 0 Å². The summed E-state index contributed by atoms with van der Waals surface area (Å²) in [5, 5.41) is 6.73. The number of aromatic nitrogens is 2. The van der Waals surface area contributed by atoms with E-state index in [4.69, 9.17) is 5.73 Å². The Morgan fingerprint density at radius 3 is 2.74 bits per heavy atom. The maximum Gasteiger partial charge on any atom is 0.243 e. The first-order valence-corrected chi connectivity index (χ1v) is 9.23. The van der Waals surface area contributed by atoms with E-state index in [1.165, 1.54) is 4.88 Å². The third kappa shape index (κ3) is 4.49. The monoisotopic (exact) mass is 353 g/mol. The molecule has 2 heterocycles. The number of anilines is 1. The Balaban J connectivity index is 1.87. The van der Waals surface area contributed by atoms with E-state index in [0.29, 0.717) is 12.2 Å². The van der Waals surface area contributed by atoms with Crippen molar-refractivity contribution in [1.82, 2.24) is 15.3 Å². The van der Waals surface area contributed by atoms with Crippen molar-refractivity contribution >= 4 is 33.7 Å². The number of hydrogen-bond donors (Lipinski definition) is 2. The summed E-state index contributed by atoms with van der Waals surface area (Å²) in [7, 11) is 3.95. The van der Waals surface area contributed by atoms with Gasteiger partial charge in [0.15, 0.2) is 5.13 Å². The fourth-order valence-electron chi connectivity index (χ4n) is 2.01. The maximum absolute atomic E-state index is 12.1. The molecule has 0 aromatic carbocycles. The van der Waals surface area contributed by atoms with Crippen LogP contribution >= 0.6 is 22.7 Å². The number of nitrogens with one attached hydrogen (secondary N) is 1. The van der Waals surface area contributed by atoms with Gasteiger partial charge in [0.05, 0.1) is 16.4 Å². The van der Waals surface area contributed by atoms with Crippen LogP contribution < -0.4 is 16.0 Å². The number of hydrogen-bond acceptors (Lipinski definition) is 7. The number of nitrogens with zero attached hydrogens (tertiary/aromatic N) is 3. The van der Waals surface area contributed by atoms with E-state index in [2.05, 4.69) is 15.3 Å². The Kier molecular flexibility index (Phi) is 6.09. The summed E-state index contributed by atoms with van der Waals surface area (Å²) in [5.74, 6) is -0.187. The summed E-state index contributed by atoms with van der Waals surface area (Å²) < 4.78 is 0. The molecule has 2 rings (SSSR count). The van der Waals surface area contributed by atoms with Gasteiger partial charge >= 0.3 is 0 Å². The van der Waals surface area contributed by atoms with E-state index < -0.39 is 6.04 Å². The standard InChI is InChI=1S/C15H23N5OS2/c1-5-12-19-10(8-22-12)13(16)14(21)17-7-6-11-9(2)18-15(23-11)20(3)4/h8,13H,5-7,16H2,1-4H3,(H,17,21). The fourth-order valence-corrected chi connectivity index (χ4v) is 3.77. The zero-order valence-corrected chi connectivity index (χ0v) is 15.6. The molecular formula is C15H23N5OS2. The van der Waals surface area contributed by atoms with Crippen LogP contribution in [-0.2, 0) is 17.6 Å². The number of rotatable bonds is 7. The smallest absolute Gasteiger partial charge is 0.243 e. The lowest BCUT2D eigenvalue weighted by Crippen LogP contribution is -2.35. The van der Waals surface area contributed by atoms with Crippen LogP contribution in [0.2, 0.25) is 0 Å². The van der Waals surface area contributed by atoms with Crippen LogP contribution in [0.25, 0.3) is 0 Å². The van der Waals surface area contributed by atoms with Gasteiger partial charge in [0.25, 0.3) is 0 Å². The summed E-state index contributed by atoms with van der Waals surface area (Å²) in [6.45, 7) is 4.58. The Labute approximate surface area is 144 Å². The lowest BCUT2D eigenvalue weighted by Gasteiger charge is -2.10. The molecule has 1 amide bonds. The normalized spacial score (nSPS) is 12.2. The van der Waals surface area contributed by atoms with Gasteiger partial charge in [-0.1, -0.05) is 6.92 Å². The first kappa shape index (κ1) is 17.8. The molecule has 0 radical (unpaired) electrons. The van der Waals surface area contributed by atoms with E-state index in [-0.39, 0.29) is 5.91 Å². The number of amides is 1. The average molecular weight is 354 g/mol. The highest BCUT2D eigenvalue weighted by molar-refractivity contribution is 7.15. The molecule has 23 heavy (non-hydrogen) atoms. The van der Waals surface area contributed by atoms with Crippen molar-refractivity contribution < 1.29 is 4.79 Å². The van der Waals surface area contributed by atoms with Gasteiger partial charge in [-0.05, 0) is 13.3 Å². The highest BCUT2D eigenvalue weighted by atomic mass is 32.1. The minimum Gasteiger partial charge on any atom is -0.354 e. The second-order valence-electron chi connectivity index (χ2n) is 5.44. The predicted molar refractivity (Wildman–Crippen MR) is 96.3 cm³/mol. The zero-order valence-electron chi connectivity index (χ0n) is 13.9. The third-order valence-corrected chi connectivity index (χ3v) is 5.78. The molecule has 0 saturated carbocycles. The molecular weight excluding hydrogens is 330 g/mol. The number of nitrogens with two attached hydrogens (primary N) is 1. The van der Waals surface area contributed by atoms with Crippen molar-refractivity contribution in [3.05, 3.63) is 26.7 Å². The molecule has 8 heteroatoms. The lowest BCUT2D eigenvalue weighted by atomic mass is 10.2. The predicted octanol–water partition coefficient (Wildman–Crippen LogP) is 1.90. The Morgan fingerprint density at radius 1 is 1.43 bits per heavy atom. The molecule has 0 aliphatic carbocycles. The van der Waals surface area contributed by atoms with Crippen molar-refractivity contribution in [2.75, 3.05) is 25.5 Å². The number of thiazole rings is 2. The van der Waals surface area contributed by atoms with Crippen LogP contribution in [0, 0.1) is 6.92 Å². The molecule has 0 fully saturated rings. The van der Waals surface area contributed by atoms with Crippen LogP contribution in [0.4, 0.5) is 5.13 Å². The van der Waals surface area contributed by atoms with Crippen molar-refractivity contribution in [2.24, 2.45) is 5.73 Å². The Hall–Kier alpha value is -1.51. The Bertz CT molecular complexity index is 665. The average Bonchev–Trinajstić information content (AvgIpc) is 3.13. The molecule has 2 aromatic rings. The van der Waals surface area contributed by atoms with Gasteiger partial charge in [-0.2, -0.15) is 0 Å². The molecule has 3 N–H and O–H groups in total. The highest BCUT2D eigenvalue weighted by Crippen LogP contribution is 2.24. The van der Waals surface area contributed by atoms with Crippen LogP contribution in [-0.4, -0.2) is 36.5 Å². The van der Waals surface area contributed by atoms with Crippen LogP contribution in [0.5, 0.6) is 0 Å². The van der Waals surface area contributed by atoms with E-state index in [1.54, 1.807) is 22.7 Å². The molecule has 6 nitrogen and oxygen atoms in total. The van der Waals surface area contributed by atoms with Crippen LogP contribution in [0.1, 0.15) is 34.2 Å². The van der Waals surface area contributed by atoms with Gasteiger partial charge in [0.1, 0.15) is 6.04 Å². The molecule has 0 spiro atoms. The molecule has 0 bridgehead atoms. The topological polar surface area (TPSA) is 84.1 Å². The highest BCUT2D eigenvalue weighted by Gasteiger charge is 2.18. The molecule has 1 unspecified atom stereocenters. The minimum atomic E-state index is -0.702. The van der Waals surface area contributed by atoms with Crippen LogP contribution in [0.15, 0.2) is 5.38 Å². The molecule has 0 aliphatic rings. The fraction of sp³-hybridized carbons (Fsp3) is 0.533. The summed E-state index contributed by atoms with van der Waals surface area (Å²) in [5.41, 5.74) is 7.64. The van der Waals surface area contributed by atoms with Crippen molar-refractivity contribution in [3.8, 4) is 0 Å². The zero-order chi connectivity index (χ0) is 17.0. The Morgan fingerprint density at radius 2 is 2.17 bits per heavy atom. The maximum atomic E-state index is 12.1. The second kappa shape index (κ2) is 7.85. The minimum absolute atomic E-state index is 0.187. The van der Waals surface area contributed by atoms with E-state index in [1.807, 2.05) is 38.2 Å². The van der Waals surface area contributed by atoms with E-state index >= 15 is 0 Å². The van der Waals surface area contributed by atoms with Crippen molar-refractivity contribution in [1.29, 1.82) is 0 Å². The second-order valence-corrected chi connectivity index (χ2v) is 7.44. The summed E-state index contributed by atoms with van der Waals surface area (Å²) in [6.07, 6.45) is 1.62. The molecule has 0 saturated heterocycles. The number of carbonyl (C=O) groups is 1. The quantitative estimate of drug-likeness (QED) is 0.794. The van der Waals surface area contributed by atoms with Gasteiger partial charge < -0.3 is 16.0 Å².